The molecule has 1 aliphatic rings. The van der Waals surface area contributed by atoms with Crippen molar-refractivity contribution in [3.63, 3.8) is 0 Å². The minimum absolute atomic E-state index is 0.00142. The Balaban J connectivity index is 1.71. The summed E-state index contributed by atoms with van der Waals surface area (Å²) >= 11 is 0. The predicted molar refractivity (Wildman–Crippen MR) is 102 cm³/mol. The zero-order valence-corrected chi connectivity index (χ0v) is 15.4. The van der Waals surface area contributed by atoms with Gasteiger partial charge in [-0.05, 0) is 25.0 Å². The highest BCUT2D eigenvalue weighted by Gasteiger charge is 2.22. The normalized spacial score (nSPS) is 16.8. The molecule has 0 saturated carbocycles. The molecule has 148 valence electrons. The molecule has 1 fully saturated rings. The Bertz CT molecular complexity index is 1280. The highest BCUT2D eigenvalue weighted by molar-refractivity contribution is 5.80. The number of carbonyl (C=O) groups is 1. The zero-order chi connectivity index (χ0) is 20.0. The van der Waals surface area contributed by atoms with Crippen LogP contribution in [0.15, 0.2) is 41.6 Å². The lowest BCUT2D eigenvalue weighted by molar-refractivity contribution is -0.136. The topological polar surface area (TPSA) is 117 Å². The fourth-order valence-corrected chi connectivity index (χ4v) is 3.83. The number of hydrogen-bond donors (Lipinski definition) is 1. The molecule has 5 rings (SSSR count). The van der Waals surface area contributed by atoms with E-state index in [0.717, 1.165) is 23.9 Å². The van der Waals surface area contributed by atoms with Gasteiger partial charge in [0, 0.05) is 6.61 Å². The number of imidazole rings is 1. The molecule has 0 amide bonds. The van der Waals surface area contributed by atoms with Crippen LogP contribution in [0.1, 0.15) is 18.5 Å². The first kappa shape index (κ1) is 17.6. The van der Waals surface area contributed by atoms with Crippen LogP contribution >= 0.6 is 0 Å². The Morgan fingerprint density at radius 3 is 2.86 bits per heavy atom. The molecule has 1 unspecified atom stereocenters. The van der Waals surface area contributed by atoms with E-state index in [4.69, 9.17) is 9.84 Å². The van der Waals surface area contributed by atoms with Gasteiger partial charge in [-0.3, -0.25) is 14.0 Å². The maximum absolute atomic E-state index is 13.5. The van der Waals surface area contributed by atoms with Crippen LogP contribution in [0.2, 0.25) is 0 Å². The van der Waals surface area contributed by atoms with E-state index in [9.17, 15) is 9.59 Å². The SMILES string of the molecule is O=C(O)Cc1cn(-c2ncn3c2c(=O)n(CC2CCCO2)c2ccccc23)nn1. The van der Waals surface area contributed by atoms with Gasteiger partial charge in [-0.1, -0.05) is 17.3 Å². The lowest BCUT2D eigenvalue weighted by Crippen LogP contribution is -2.28. The van der Waals surface area contributed by atoms with Gasteiger partial charge in [-0.15, -0.1) is 5.10 Å². The summed E-state index contributed by atoms with van der Waals surface area (Å²) in [6.45, 7) is 1.17. The van der Waals surface area contributed by atoms with Crippen LogP contribution in [0.25, 0.3) is 22.4 Å². The van der Waals surface area contributed by atoms with Crippen molar-refractivity contribution in [2.75, 3.05) is 6.61 Å². The first-order valence-electron chi connectivity index (χ1n) is 9.35. The van der Waals surface area contributed by atoms with E-state index in [1.165, 1.54) is 10.9 Å². The maximum atomic E-state index is 13.5. The minimum atomic E-state index is -1.00. The summed E-state index contributed by atoms with van der Waals surface area (Å²) in [5.74, 6) is -0.692. The summed E-state index contributed by atoms with van der Waals surface area (Å²) in [6, 6.07) is 7.64. The Hall–Kier alpha value is -3.53. The number of aliphatic carboxylic acids is 1. The number of benzene rings is 1. The Labute approximate surface area is 164 Å². The molecule has 1 aliphatic heterocycles. The van der Waals surface area contributed by atoms with E-state index in [0.29, 0.717) is 30.2 Å². The van der Waals surface area contributed by atoms with Crippen molar-refractivity contribution in [2.45, 2.75) is 31.9 Å². The standard InChI is InChI=1S/C19H18N6O4/c26-16(27)8-12-9-25(22-21-12)18-17-19(28)23(10-13-4-3-7-29-13)14-5-1-2-6-15(14)24(17)11-20-18/h1-2,5-6,9,11,13H,3-4,7-8,10H2,(H,26,27). The third-order valence-electron chi connectivity index (χ3n) is 5.13. The molecule has 0 aliphatic carbocycles. The van der Waals surface area contributed by atoms with Crippen molar-refractivity contribution in [3.8, 4) is 5.82 Å². The summed E-state index contributed by atoms with van der Waals surface area (Å²) in [6.07, 6.45) is 4.71. The van der Waals surface area contributed by atoms with Gasteiger partial charge < -0.3 is 14.4 Å². The van der Waals surface area contributed by atoms with E-state index in [1.807, 2.05) is 24.3 Å². The third kappa shape index (κ3) is 2.97. The molecule has 3 aromatic heterocycles. The van der Waals surface area contributed by atoms with Gasteiger partial charge >= 0.3 is 5.97 Å². The lowest BCUT2D eigenvalue weighted by atomic mass is 10.2. The van der Waals surface area contributed by atoms with Crippen LogP contribution < -0.4 is 5.56 Å². The predicted octanol–water partition coefficient (Wildman–Crippen LogP) is 1.04. The van der Waals surface area contributed by atoms with E-state index in [-0.39, 0.29) is 18.1 Å². The lowest BCUT2D eigenvalue weighted by Gasteiger charge is -2.16. The Kier molecular flexibility index (Phi) is 4.13. The number of carboxylic acids is 1. The molecule has 29 heavy (non-hydrogen) atoms. The molecule has 4 heterocycles. The fraction of sp³-hybridized carbons (Fsp3) is 0.316. The maximum Gasteiger partial charge on any atom is 0.309 e. The number of hydrogen-bond acceptors (Lipinski definition) is 6. The molecule has 10 nitrogen and oxygen atoms in total. The van der Waals surface area contributed by atoms with Crippen LogP contribution in [0.4, 0.5) is 0 Å². The number of ether oxygens (including phenoxy) is 1. The van der Waals surface area contributed by atoms with Gasteiger partial charge in [0.1, 0.15) is 6.33 Å². The smallest absolute Gasteiger partial charge is 0.309 e. The summed E-state index contributed by atoms with van der Waals surface area (Å²) < 4.78 is 10.5. The van der Waals surface area contributed by atoms with Gasteiger partial charge in [-0.2, -0.15) is 4.68 Å². The first-order valence-corrected chi connectivity index (χ1v) is 9.35. The summed E-state index contributed by atoms with van der Waals surface area (Å²) in [5.41, 5.74) is 2.08. The van der Waals surface area contributed by atoms with Gasteiger partial charge in [0.05, 0.1) is 42.0 Å². The minimum Gasteiger partial charge on any atom is -0.481 e. The van der Waals surface area contributed by atoms with E-state index >= 15 is 0 Å². The molecule has 10 heteroatoms. The molecular weight excluding hydrogens is 376 g/mol. The molecule has 1 atom stereocenters. The highest BCUT2D eigenvalue weighted by atomic mass is 16.5. The van der Waals surface area contributed by atoms with Gasteiger partial charge in [-0.25, -0.2) is 4.98 Å². The molecule has 0 spiro atoms. The zero-order valence-electron chi connectivity index (χ0n) is 15.4. The first-order chi connectivity index (χ1) is 14.1. The van der Waals surface area contributed by atoms with Crippen molar-refractivity contribution >= 4 is 22.5 Å². The number of para-hydroxylation sites is 2. The average molecular weight is 394 g/mol. The van der Waals surface area contributed by atoms with Crippen molar-refractivity contribution in [3.05, 3.63) is 52.8 Å². The van der Waals surface area contributed by atoms with Crippen molar-refractivity contribution in [2.24, 2.45) is 0 Å². The molecule has 1 aromatic carbocycles. The Morgan fingerprint density at radius 2 is 2.10 bits per heavy atom. The molecule has 4 aromatic rings. The van der Waals surface area contributed by atoms with Crippen molar-refractivity contribution < 1.29 is 14.6 Å². The fourth-order valence-electron chi connectivity index (χ4n) is 3.83. The number of nitrogens with zero attached hydrogens (tertiary/aromatic N) is 6. The number of fused-ring (bicyclic) bond motifs is 3. The molecular formula is C19H18N6O4. The van der Waals surface area contributed by atoms with Gasteiger partial charge in [0.2, 0.25) is 0 Å². The molecule has 0 bridgehead atoms. The second kappa shape index (κ2) is 6.82. The van der Waals surface area contributed by atoms with Crippen LogP contribution in [0, 0.1) is 0 Å². The Morgan fingerprint density at radius 1 is 1.28 bits per heavy atom. The highest BCUT2D eigenvalue weighted by Crippen LogP contribution is 2.21. The summed E-state index contributed by atoms with van der Waals surface area (Å²) in [4.78, 5) is 28.8. The second-order valence-electron chi connectivity index (χ2n) is 7.05. The largest absolute Gasteiger partial charge is 0.481 e. The molecule has 1 saturated heterocycles. The van der Waals surface area contributed by atoms with Gasteiger partial charge in [0.15, 0.2) is 11.3 Å². The average Bonchev–Trinajstić information content (AvgIpc) is 3.45. The molecule has 0 radical (unpaired) electrons. The van der Waals surface area contributed by atoms with Crippen LogP contribution in [0.5, 0.6) is 0 Å². The summed E-state index contributed by atoms with van der Waals surface area (Å²) in [7, 11) is 0. The van der Waals surface area contributed by atoms with E-state index < -0.39 is 5.97 Å². The number of carboxylic acid groups (broad SMARTS) is 1. The number of rotatable bonds is 5. The third-order valence-corrected chi connectivity index (χ3v) is 5.13. The van der Waals surface area contributed by atoms with E-state index in [2.05, 4.69) is 15.3 Å². The molecule has 1 N–H and O–H groups in total. The second-order valence-corrected chi connectivity index (χ2v) is 7.05. The van der Waals surface area contributed by atoms with Crippen LogP contribution in [0.3, 0.4) is 0 Å². The van der Waals surface area contributed by atoms with Crippen LogP contribution in [-0.2, 0) is 22.5 Å². The summed E-state index contributed by atoms with van der Waals surface area (Å²) in [5, 5.41) is 16.8. The van der Waals surface area contributed by atoms with Gasteiger partial charge in [0.25, 0.3) is 5.56 Å². The van der Waals surface area contributed by atoms with Crippen molar-refractivity contribution in [1.29, 1.82) is 0 Å². The van der Waals surface area contributed by atoms with Crippen molar-refractivity contribution in [1.82, 2.24) is 28.9 Å². The quantitative estimate of drug-likeness (QED) is 0.537. The van der Waals surface area contributed by atoms with E-state index in [1.54, 1.807) is 15.3 Å². The number of aromatic nitrogens is 6. The monoisotopic (exact) mass is 394 g/mol. The van der Waals surface area contributed by atoms with Crippen LogP contribution in [-0.4, -0.2) is 52.7 Å².